The fourth-order valence-corrected chi connectivity index (χ4v) is 1.11. The largest absolute Gasteiger partial charge is 0.392 e. The molecule has 0 aromatic carbocycles. The van der Waals surface area contributed by atoms with Crippen molar-refractivity contribution in [3.05, 3.63) is 12.7 Å². The number of carbonyl (C=O) groups excluding carboxylic acids is 1. The van der Waals surface area contributed by atoms with E-state index in [-0.39, 0.29) is 17.6 Å². The Bertz CT molecular complexity index is 163. The lowest BCUT2D eigenvalue weighted by atomic mass is 9.89. The minimum Gasteiger partial charge on any atom is -0.392 e. The van der Waals surface area contributed by atoms with Gasteiger partial charge in [0.2, 0.25) is 0 Å². The Morgan fingerprint density at radius 1 is 1.58 bits per heavy atom. The van der Waals surface area contributed by atoms with E-state index >= 15 is 0 Å². The molecule has 0 unspecified atom stereocenters. The van der Waals surface area contributed by atoms with Gasteiger partial charge in [0.15, 0.2) is 0 Å². The van der Waals surface area contributed by atoms with Crippen molar-refractivity contribution < 1.29 is 9.90 Å². The van der Waals surface area contributed by atoms with Gasteiger partial charge in [0.25, 0.3) is 0 Å². The monoisotopic (exact) mass is 170 g/mol. The van der Waals surface area contributed by atoms with Crippen molar-refractivity contribution in [3.8, 4) is 0 Å². The van der Waals surface area contributed by atoms with Gasteiger partial charge in [-0.1, -0.05) is 26.8 Å². The van der Waals surface area contributed by atoms with Crippen LogP contribution in [0, 0.1) is 11.8 Å². The van der Waals surface area contributed by atoms with E-state index in [1.165, 1.54) is 0 Å². The number of ketones is 1. The second-order valence-electron chi connectivity index (χ2n) is 3.19. The van der Waals surface area contributed by atoms with Crippen molar-refractivity contribution in [2.75, 3.05) is 0 Å². The van der Waals surface area contributed by atoms with E-state index < -0.39 is 6.10 Å². The van der Waals surface area contributed by atoms with Crippen molar-refractivity contribution in [1.29, 1.82) is 0 Å². The van der Waals surface area contributed by atoms with Gasteiger partial charge >= 0.3 is 0 Å². The minimum atomic E-state index is -0.588. The van der Waals surface area contributed by atoms with Gasteiger partial charge in [0.1, 0.15) is 5.78 Å². The summed E-state index contributed by atoms with van der Waals surface area (Å²) in [5.74, 6) is -0.185. The second kappa shape index (κ2) is 5.09. The quantitative estimate of drug-likeness (QED) is 0.639. The number of Topliss-reactive ketones (excluding diaryl/α,β-unsaturated/α-hetero) is 1. The first-order valence-corrected chi connectivity index (χ1v) is 4.37. The lowest BCUT2D eigenvalue weighted by molar-refractivity contribution is -0.126. The van der Waals surface area contributed by atoms with Gasteiger partial charge in [0, 0.05) is 18.3 Å². The van der Waals surface area contributed by atoms with Gasteiger partial charge in [-0.15, -0.1) is 6.58 Å². The Morgan fingerprint density at radius 3 is 2.42 bits per heavy atom. The molecule has 2 heteroatoms. The van der Waals surface area contributed by atoms with Crippen LogP contribution in [-0.4, -0.2) is 17.0 Å². The van der Waals surface area contributed by atoms with E-state index in [9.17, 15) is 9.90 Å². The predicted molar refractivity (Wildman–Crippen MR) is 49.8 cm³/mol. The van der Waals surface area contributed by atoms with Gasteiger partial charge in [0.05, 0.1) is 6.10 Å². The number of rotatable bonds is 5. The fraction of sp³-hybridized carbons (Fsp3) is 0.700. The van der Waals surface area contributed by atoms with Crippen molar-refractivity contribution >= 4 is 5.78 Å². The zero-order valence-electron chi connectivity index (χ0n) is 8.08. The smallest absolute Gasteiger partial charge is 0.138 e. The van der Waals surface area contributed by atoms with Crippen molar-refractivity contribution in [2.24, 2.45) is 11.8 Å². The molecule has 0 amide bonds. The summed E-state index contributed by atoms with van der Waals surface area (Å²) in [6.45, 7) is 9.01. The maximum absolute atomic E-state index is 11.2. The molecule has 2 nitrogen and oxygen atoms in total. The third kappa shape index (κ3) is 2.78. The third-order valence-corrected chi connectivity index (χ3v) is 2.28. The van der Waals surface area contributed by atoms with Gasteiger partial charge in [-0.25, -0.2) is 0 Å². The molecule has 70 valence electrons. The number of hydrogen-bond donors (Lipinski definition) is 1. The van der Waals surface area contributed by atoms with E-state index in [0.29, 0.717) is 6.42 Å². The Hall–Kier alpha value is -0.630. The predicted octanol–water partition coefficient (Wildman–Crippen LogP) is 1.78. The molecule has 0 bridgehead atoms. The van der Waals surface area contributed by atoms with E-state index in [0.717, 1.165) is 0 Å². The first-order chi connectivity index (χ1) is 5.54. The molecule has 0 aliphatic heterocycles. The van der Waals surface area contributed by atoms with Crippen LogP contribution in [0.2, 0.25) is 0 Å². The molecule has 0 saturated heterocycles. The first-order valence-electron chi connectivity index (χ1n) is 4.37. The Labute approximate surface area is 74.3 Å². The van der Waals surface area contributed by atoms with Crippen LogP contribution < -0.4 is 0 Å². The van der Waals surface area contributed by atoms with Crippen LogP contribution in [0.15, 0.2) is 12.7 Å². The molecule has 3 atom stereocenters. The minimum absolute atomic E-state index is 0.0181. The highest BCUT2D eigenvalue weighted by atomic mass is 16.3. The van der Waals surface area contributed by atoms with Crippen LogP contribution >= 0.6 is 0 Å². The lowest BCUT2D eigenvalue weighted by Crippen LogP contribution is -2.29. The molecule has 0 aliphatic rings. The molecule has 0 aromatic heterocycles. The molecule has 0 radical (unpaired) electrons. The van der Waals surface area contributed by atoms with Gasteiger partial charge < -0.3 is 5.11 Å². The molecular formula is C10H18O2. The van der Waals surface area contributed by atoms with Gasteiger partial charge in [-0.3, -0.25) is 4.79 Å². The normalized spacial score (nSPS) is 18.0. The lowest BCUT2D eigenvalue weighted by Gasteiger charge is -2.20. The number of carbonyl (C=O) groups is 1. The molecule has 0 spiro atoms. The van der Waals surface area contributed by atoms with E-state index in [1.807, 2.05) is 13.8 Å². The van der Waals surface area contributed by atoms with Crippen molar-refractivity contribution in [2.45, 2.75) is 33.3 Å². The summed E-state index contributed by atoms with van der Waals surface area (Å²) in [7, 11) is 0. The Balaban J connectivity index is 4.17. The molecule has 0 saturated carbocycles. The van der Waals surface area contributed by atoms with Gasteiger partial charge in [-0.2, -0.15) is 0 Å². The van der Waals surface area contributed by atoms with E-state index in [4.69, 9.17) is 0 Å². The van der Waals surface area contributed by atoms with Crippen molar-refractivity contribution in [1.82, 2.24) is 0 Å². The number of aliphatic hydroxyl groups excluding tert-OH is 1. The highest BCUT2D eigenvalue weighted by Crippen LogP contribution is 2.15. The van der Waals surface area contributed by atoms with Crippen LogP contribution in [0.5, 0.6) is 0 Å². The zero-order valence-corrected chi connectivity index (χ0v) is 8.08. The molecule has 0 fully saturated rings. The van der Waals surface area contributed by atoms with Crippen LogP contribution in [0.25, 0.3) is 0 Å². The van der Waals surface area contributed by atoms with Crippen LogP contribution in [0.4, 0.5) is 0 Å². The fourth-order valence-electron chi connectivity index (χ4n) is 1.11. The molecule has 0 heterocycles. The van der Waals surface area contributed by atoms with Crippen molar-refractivity contribution in [3.63, 3.8) is 0 Å². The molecule has 0 rings (SSSR count). The number of hydrogen-bond acceptors (Lipinski definition) is 2. The Kier molecular flexibility index (Phi) is 4.83. The maximum atomic E-state index is 11.2. The number of aliphatic hydroxyl groups is 1. The topological polar surface area (TPSA) is 37.3 Å². The molecule has 0 aliphatic carbocycles. The van der Waals surface area contributed by atoms with Gasteiger partial charge in [-0.05, 0) is 0 Å². The summed E-state index contributed by atoms with van der Waals surface area (Å²) < 4.78 is 0. The SMILES string of the molecule is C=C[C@H](C)[C@H](O)[C@H](C)C(=O)CC. The molecule has 12 heavy (non-hydrogen) atoms. The molecule has 0 aromatic rings. The summed E-state index contributed by atoms with van der Waals surface area (Å²) in [5.41, 5.74) is 0. The molecular weight excluding hydrogens is 152 g/mol. The van der Waals surface area contributed by atoms with E-state index in [1.54, 1.807) is 13.0 Å². The average Bonchev–Trinajstić information content (AvgIpc) is 2.12. The highest BCUT2D eigenvalue weighted by molar-refractivity contribution is 5.80. The summed E-state index contributed by atoms with van der Waals surface area (Å²) in [6, 6.07) is 0. The maximum Gasteiger partial charge on any atom is 0.138 e. The highest BCUT2D eigenvalue weighted by Gasteiger charge is 2.23. The summed E-state index contributed by atoms with van der Waals surface area (Å²) in [5, 5.41) is 9.60. The summed E-state index contributed by atoms with van der Waals surface area (Å²) >= 11 is 0. The van der Waals surface area contributed by atoms with E-state index in [2.05, 4.69) is 6.58 Å². The Morgan fingerprint density at radius 2 is 2.08 bits per heavy atom. The van der Waals surface area contributed by atoms with Crippen LogP contribution in [0.3, 0.4) is 0 Å². The van der Waals surface area contributed by atoms with Crippen LogP contribution in [-0.2, 0) is 4.79 Å². The summed E-state index contributed by atoms with van der Waals surface area (Å²) in [6.07, 6.45) is 1.57. The standard InChI is InChI=1S/C10H18O2/c1-5-7(3)10(12)8(4)9(11)6-2/h5,7-8,10,12H,1,6H2,2-4H3/t7-,8+,10-/m0/s1. The third-order valence-electron chi connectivity index (χ3n) is 2.28. The average molecular weight is 170 g/mol. The first kappa shape index (κ1) is 11.4. The second-order valence-corrected chi connectivity index (χ2v) is 3.19. The summed E-state index contributed by atoms with van der Waals surface area (Å²) in [4.78, 5) is 11.2. The van der Waals surface area contributed by atoms with Crippen LogP contribution in [0.1, 0.15) is 27.2 Å². The molecule has 1 N–H and O–H groups in total. The zero-order chi connectivity index (χ0) is 9.72.